The number of likely N-dealkylation sites (N-methyl/N-ethyl adjacent to an activating group) is 1. The average Bonchev–Trinajstić information content (AvgIpc) is 2.33. The van der Waals surface area contributed by atoms with Crippen LogP contribution in [0.15, 0.2) is 12.4 Å². The van der Waals surface area contributed by atoms with Gasteiger partial charge in [-0.05, 0) is 20.0 Å². The minimum absolute atomic E-state index is 0.0157. The molecular weight excluding hydrogens is 244 g/mol. The van der Waals surface area contributed by atoms with Crippen LogP contribution in [0.25, 0.3) is 0 Å². The Morgan fingerprint density at radius 3 is 2.42 bits per heavy atom. The Kier molecular flexibility index (Phi) is 5.69. The molecule has 1 rings (SSSR count). The predicted molar refractivity (Wildman–Crippen MR) is 74.6 cm³/mol. The second-order valence-electron chi connectivity index (χ2n) is 5.18. The van der Waals surface area contributed by atoms with E-state index in [4.69, 9.17) is 0 Å². The van der Waals surface area contributed by atoms with Gasteiger partial charge in [-0.1, -0.05) is 13.8 Å². The van der Waals surface area contributed by atoms with Gasteiger partial charge in [-0.3, -0.25) is 0 Å². The molecule has 0 aromatic carbocycles. The van der Waals surface area contributed by atoms with Gasteiger partial charge in [0.2, 0.25) is 0 Å². The van der Waals surface area contributed by atoms with E-state index < -0.39 is 5.97 Å². The van der Waals surface area contributed by atoms with Crippen LogP contribution in [0.1, 0.15) is 24.3 Å². The van der Waals surface area contributed by atoms with Gasteiger partial charge in [0, 0.05) is 32.0 Å². The fraction of sp³-hybridized carbons (Fsp3) is 0.615. The lowest BCUT2D eigenvalue weighted by Gasteiger charge is -2.27. The van der Waals surface area contributed by atoms with E-state index in [0.717, 1.165) is 19.6 Å². The SMILES string of the molecule is CC(C)CN(CCN(C)C)c1nccnc1C(=O)O. The summed E-state index contributed by atoms with van der Waals surface area (Å²) in [6, 6.07) is 0. The van der Waals surface area contributed by atoms with Crippen LogP contribution in [0.3, 0.4) is 0 Å². The maximum absolute atomic E-state index is 11.2. The summed E-state index contributed by atoms with van der Waals surface area (Å²) in [6.45, 7) is 6.51. The molecule has 0 atom stereocenters. The van der Waals surface area contributed by atoms with Crippen molar-refractivity contribution in [2.75, 3.05) is 38.6 Å². The van der Waals surface area contributed by atoms with E-state index in [9.17, 15) is 9.90 Å². The van der Waals surface area contributed by atoms with Crippen molar-refractivity contribution in [2.45, 2.75) is 13.8 Å². The number of carboxylic acids is 1. The smallest absolute Gasteiger partial charge is 0.358 e. The first-order valence-corrected chi connectivity index (χ1v) is 6.35. The fourth-order valence-electron chi connectivity index (χ4n) is 1.76. The number of aromatic nitrogens is 2. The number of carbonyl (C=O) groups is 1. The van der Waals surface area contributed by atoms with Crippen molar-refractivity contribution in [2.24, 2.45) is 5.92 Å². The molecule has 6 heteroatoms. The first-order valence-electron chi connectivity index (χ1n) is 6.35. The van der Waals surface area contributed by atoms with E-state index in [2.05, 4.69) is 28.7 Å². The van der Waals surface area contributed by atoms with E-state index >= 15 is 0 Å². The van der Waals surface area contributed by atoms with E-state index in [1.54, 1.807) is 0 Å². The molecule has 6 nitrogen and oxygen atoms in total. The van der Waals surface area contributed by atoms with Crippen LogP contribution in [-0.4, -0.2) is 59.7 Å². The second-order valence-corrected chi connectivity index (χ2v) is 5.18. The van der Waals surface area contributed by atoms with Gasteiger partial charge in [0.1, 0.15) is 0 Å². The molecular formula is C13H22N4O2. The van der Waals surface area contributed by atoms with E-state index in [-0.39, 0.29) is 5.69 Å². The molecule has 0 aliphatic carbocycles. The first kappa shape index (κ1) is 15.4. The molecule has 106 valence electrons. The van der Waals surface area contributed by atoms with Gasteiger partial charge < -0.3 is 14.9 Å². The molecule has 0 aliphatic rings. The Balaban J connectivity index is 2.99. The van der Waals surface area contributed by atoms with E-state index in [1.165, 1.54) is 12.4 Å². The normalized spacial score (nSPS) is 11.1. The largest absolute Gasteiger partial charge is 0.476 e. The molecule has 0 aliphatic heterocycles. The highest BCUT2D eigenvalue weighted by molar-refractivity contribution is 5.90. The molecule has 1 aromatic heterocycles. The molecule has 1 heterocycles. The molecule has 1 aromatic rings. The zero-order valence-corrected chi connectivity index (χ0v) is 12.0. The monoisotopic (exact) mass is 266 g/mol. The van der Waals surface area contributed by atoms with E-state index in [0.29, 0.717) is 11.7 Å². The number of nitrogens with zero attached hydrogens (tertiary/aromatic N) is 4. The molecule has 0 fully saturated rings. The molecule has 0 spiro atoms. The van der Waals surface area contributed by atoms with Crippen molar-refractivity contribution < 1.29 is 9.90 Å². The lowest BCUT2D eigenvalue weighted by Crippen LogP contribution is -2.36. The third-order valence-electron chi connectivity index (χ3n) is 2.58. The minimum Gasteiger partial charge on any atom is -0.476 e. The quantitative estimate of drug-likeness (QED) is 0.799. The third-order valence-corrected chi connectivity index (χ3v) is 2.58. The zero-order valence-electron chi connectivity index (χ0n) is 12.0. The Hall–Kier alpha value is -1.69. The molecule has 0 saturated carbocycles. The fourth-order valence-corrected chi connectivity index (χ4v) is 1.76. The van der Waals surface area contributed by atoms with Gasteiger partial charge in [-0.15, -0.1) is 0 Å². The number of carboxylic acid groups (broad SMARTS) is 1. The van der Waals surface area contributed by atoms with Crippen molar-refractivity contribution in [3.8, 4) is 0 Å². The predicted octanol–water partition coefficient (Wildman–Crippen LogP) is 1.20. The summed E-state index contributed by atoms with van der Waals surface area (Å²) in [5, 5.41) is 9.19. The Bertz CT molecular complexity index is 421. The number of hydrogen-bond donors (Lipinski definition) is 1. The van der Waals surface area contributed by atoms with Crippen LogP contribution in [0, 0.1) is 5.92 Å². The highest BCUT2D eigenvalue weighted by Gasteiger charge is 2.19. The van der Waals surface area contributed by atoms with Gasteiger partial charge in [0.15, 0.2) is 11.5 Å². The van der Waals surface area contributed by atoms with Gasteiger partial charge >= 0.3 is 5.97 Å². The molecule has 0 unspecified atom stereocenters. The summed E-state index contributed by atoms with van der Waals surface area (Å²) in [5.41, 5.74) is 0.0157. The van der Waals surface area contributed by atoms with Crippen LogP contribution < -0.4 is 4.90 Å². The van der Waals surface area contributed by atoms with Crippen molar-refractivity contribution in [1.29, 1.82) is 0 Å². The Morgan fingerprint density at radius 2 is 1.89 bits per heavy atom. The summed E-state index contributed by atoms with van der Waals surface area (Å²) in [4.78, 5) is 23.4. The van der Waals surface area contributed by atoms with Gasteiger partial charge in [0.25, 0.3) is 0 Å². The Labute approximate surface area is 114 Å². The summed E-state index contributed by atoms with van der Waals surface area (Å²) in [5.74, 6) is -0.168. The van der Waals surface area contributed by atoms with Crippen LogP contribution in [0.4, 0.5) is 5.82 Å². The molecule has 0 saturated heterocycles. The van der Waals surface area contributed by atoms with Gasteiger partial charge in [0.05, 0.1) is 0 Å². The van der Waals surface area contributed by atoms with Gasteiger partial charge in [-0.25, -0.2) is 14.8 Å². The van der Waals surface area contributed by atoms with Crippen molar-refractivity contribution in [3.05, 3.63) is 18.1 Å². The zero-order chi connectivity index (χ0) is 14.4. The van der Waals surface area contributed by atoms with Crippen LogP contribution in [0.2, 0.25) is 0 Å². The maximum atomic E-state index is 11.2. The maximum Gasteiger partial charge on any atom is 0.358 e. The number of hydrogen-bond acceptors (Lipinski definition) is 5. The van der Waals surface area contributed by atoms with E-state index in [1.807, 2.05) is 19.0 Å². The highest BCUT2D eigenvalue weighted by Crippen LogP contribution is 2.16. The molecule has 1 N–H and O–H groups in total. The lowest BCUT2D eigenvalue weighted by atomic mass is 10.2. The summed E-state index contributed by atoms with van der Waals surface area (Å²) in [6.07, 6.45) is 2.94. The third kappa shape index (κ3) is 4.82. The minimum atomic E-state index is -1.04. The Morgan fingerprint density at radius 1 is 1.26 bits per heavy atom. The summed E-state index contributed by atoms with van der Waals surface area (Å²) >= 11 is 0. The van der Waals surface area contributed by atoms with Crippen molar-refractivity contribution in [1.82, 2.24) is 14.9 Å². The van der Waals surface area contributed by atoms with Crippen LogP contribution in [-0.2, 0) is 0 Å². The molecule has 0 radical (unpaired) electrons. The van der Waals surface area contributed by atoms with Gasteiger partial charge in [-0.2, -0.15) is 0 Å². The molecule has 0 amide bonds. The topological polar surface area (TPSA) is 69.6 Å². The number of aromatic carboxylic acids is 1. The average molecular weight is 266 g/mol. The summed E-state index contributed by atoms with van der Waals surface area (Å²) in [7, 11) is 3.98. The number of rotatable bonds is 7. The van der Waals surface area contributed by atoms with Crippen LogP contribution >= 0.6 is 0 Å². The first-order chi connectivity index (χ1) is 8.91. The van der Waals surface area contributed by atoms with Crippen LogP contribution in [0.5, 0.6) is 0 Å². The molecule has 0 bridgehead atoms. The molecule has 19 heavy (non-hydrogen) atoms. The number of anilines is 1. The van der Waals surface area contributed by atoms with Crippen molar-refractivity contribution >= 4 is 11.8 Å². The lowest BCUT2D eigenvalue weighted by molar-refractivity contribution is 0.0690. The highest BCUT2D eigenvalue weighted by atomic mass is 16.4. The second kappa shape index (κ2) is 7.04. The standard InChI is InChI=1S/C13H22N4O2/c1-10(2)9-17(8-7-16(3)4)12-11(13(18)19)14-5-6-15-12/h5-6,10H,7-9H2,1-4H3,(H,18,19). The summed E-state index contributed by atoms with van der Waals surface area (Å²) < 4.78 is 0. The van der Waals surface area contributed by atoms with Crippen molar-refractivity contribution in [3.63, 3.8) is 0 Å².